The van der Waals surface area contributed by atoms with Gasteiger partial charge in [-0.25, -0.2) is 0 Å². The maximum atomic E-state index is 11.5. The maximum absolute atomic E-state index is 11.5. The highest BCUT2D eigenvalue weighted by Crippen LogP contribution is 1.92. The summed E-state index contributed by atoms with van der Waals surface area (Å²) >= 11 is 0. The van der Waals surface area contributed by atoms with Gasteiger partial charge in [-0.2, -0.15) is 0 Å². The summed E-state index contributed by atoms with van der Waals surface area (Å²) in [5, 5.41) is 3.02. The van der Waals surface area contributed by atoms with E-state index in [0.717, 1.165) is 0 Å². The van der Waals surface area contributed by atoms with Gasteiger partial charge in [-0.05, 0) is 13.5 Å². The van der Waals surface area contributed by atoms with Crippen molar-refractivity contribution >= 4 is 5.97 Å². The summed E-state index contributed by atoms with van der Waals surface area (Å²) < 4.78 is 20.4. The molecule has 1 unspecified atom stereocenters. The van der Waals surface area contributed by atoms with Crippen LogP contribution < -0.4 is 5.32 Å². The lowest BCUT2D eigenvalue weighted by Gasteiger charge is -2.16. The van der Waals surface area contributed by atoms with Crippen LogP contribution in [0.2, 0.25) is 0 Å². The first-order valence-corrected chi connectivity index (χ1v) is 6.30. The van der Waals surface area contributed by atoms with E-state index in [0.29, 0.717) is 46.2 Å². The SMILES string of the molecule is CCNC(COCCOCCOC)C(=O)OCC. The molecule has 0 radical (unpaired) electrons. The van der Waals surface area contributed by atoms with Gasteiger partial charge in [0.15, 0.2) is 0 Å². The minimum absolute atomic E-state index is 0.278. The molecule has 6 heteroatoms. The van der Waals surface area contributed by atoms with Crippen molar-refractivity contribution in [2.45, 2.75) is 19.9 Å². The standard InChI is InChI=1S/C12H25NO5/c1-4-13-11(12(14)18-5-2)10-17-9-8-16-7-6-15-3/h11,13H,4-10H2,1-3H3. The molecule has 1 atom stereocenters. The molecule has 0 aliphatic heterocycles. The van der Waals surface area contributed by atoms with Crippen molar-refractivity contribution in [2.24, 2.45) is 0 Å². The smallest absolute Gasteiger partial charge is 0.325 e. The number of likely N-dealkylation sites (N-methyl/N-ethyl adjacent to an activating group) is 1. The van der Waals surface area contributed by atoms with Crippen molar-refractivity contribution in [1.82, 2.24) is 5.32 Å². The van der Waals surface area contributed by atoms with E-state index in [1.165, 1.54) is 0 Å². The van der Waals surface area contributed by atoms with Crippen molar-refractivity contribution in [2.75, 3.05) is 53.3 Å². The molecule has 0 aliphatic carbocycles. The summed E-state index contributed by atoms with van der Waals surface area (Å²) in [6.07, 6.45) is 0. The summed E-state index contributed by atoms with van der Waals surface area (Å²) in [6.45, 7) is 7.14. The molecule has 0 aliphatic rings. The zero-order chi connectivity index (χ0) is 13.6. The molecule has 0 rings (SSSR count). The second-order valence-corrected chi connectivity index (χ2v) is 3.54. The molecular formula is C12H25NO5. The fourth-order valence-electron chi connectivity index (χ4n) is 1.26. The van der Waals surface area contributed by atoms with Crippen LogP contribution in [0.25, 0.3) is 0 Å². The Bertz CT molecular complexity index is 201. The maximum Gasteiger partial charge on any atom is 0.325 e. The van der Waals surface area contributed by atoms with Crippen LogP contribution in [0.3, 0.4) is 0 Å². The molecule has 108 valence electrons. The summed E-state index contributed by atoms with van der Waals surface area (Å²) in [4.78, 5) is 11.5. The topological polar surface area (TPSA) is 66.0 Å². The summed E-state index contributed by atoms with van der Waals surface area (Å²) in [5.41, 5.74) is 0. The largest absolute Gasteiger partial charge is 0.465 e. The minimum atomic E-state index is -0.408. The summed E-state index contributed by atoms with van der Waals surface area (Å²) in [6, 6.07) is -0.408. The number of hydrogen-bond donors (Lipinski definition) is 1. The third kappa shape index (κ3) is 9.35. The average molecular weight is 263 g/mol. The number of methoxy groups -OCH3 is 1. The van der Waals surface area contributed by atoms with Gasteiger partial charge in [-0.1, -0.05) is 6.92 Å². The lowest BCUT2D eigenvalue weighted by Crippen LogP contribution is -2.42. The van der Waals surface area contributed by atoms with Crippen LogP contribution in [0.1, 0.15) is 13.8 Å². The third-order valence-electron chi connectivity index (χ3n) is 2.11. The average Bonchev–Trinajstić information content (AvgIpc) is 2.36. The molecule has 0 aromatic rings. The Hall–Kier alpha value is -0.690. The van der Waals surface area contributed by atoms with Crippen LogP contribution in [0, 0.1) is 0 Å². The number of carbonyl (C=O) groups is 1. The van der Waals surface area contributed by atoms with E-state index in [9.17, 15) is 4.79 Å². The Morgan fingerprint density at radius 3 is 2.39 bits per heavy atom. The normalized spacial score (nSPS) is 12.4. The highest BCUT2D eigenvalue weighted by Gasteiger charge is 2.18. The Labute approximate surface area is 109 Å². The van der Waals surface area contributed by atoms with E-state index >= 15 is 0 Å². The molecule has 0 spiro atoms. The molecule has 0 aromatic heterocycles. The number of rotatable bonds is 12. The van der Waals surface area contributed by atoms with Gasteiger partial charge in [0.25, 0.3) is 0 Å². The van der Waals surface area contributed by atoms with Crippen molar-refractivity contribution in [3.63, 3.8) is 0 Å². The van der Waals surface area contributed by atoms with E-state index in [4.69, 9.17) is 18.9 Å². The van der Waals surface area contributed by atoms with E-state index < -0.39 is 6.04 Å². The van der Waals surface area contributed by atoms with Gasteiger partial charge >= 0.3 is 5.97 Å². The Morgan fingerprint density at radius 1 is 1.11 bits per heavy atom. The quantitative estimate of drug-likeness (QED) is 0.401. The van der Waals surface area contributed by atoms with Crippen LogP contribution >= 0.6 is 0 Å². The molecule has 0 bridgehead atoms. The second-order valence-electron chi connectivity index (χ2n) is 3.54. The molecule has 0 heterocycles. The van der Waals surface area contributed by atoms with Gasteiger partial charge in [0, 0.05) is 7.11 Å². The Morgan fingerprint density at radius 2 is 1.78 bits per heavy atom. The third-order valence-corrected chi connectivity index (χ3v) is 2.11. The number of esters is 1. The number of carbonyl (C=O) groups excluding carboxylic acids is 1. The van der Waals surface area contributed by atoms with Crippen LogP contribution in [0.4, 0.5) is 0 Å². The molecule has 18 heavy (non-hydrogen) atoms. The van der Waals surface area contributed by atoms with Crippen molar-refractivity contribution in [1.29, 1.82) is 0 Å². The molecule has 6 nitrogen and oxygen atoms in total. The van der Waals surface area contributed by atoms with Crippen LogP contribution in [0.5, 0.6) is 0 Å². The Balaban J connectivity index is 3.60. The van der Waals surface area contributed by atoms with Gasteiger partial charge in [-0.15, -0.1) is 0 Å². The fourth-order valence-corrected chi connectivity index (χ4v) is 1.26. The lowest BCUT2D eigenvalue weighted by molar-refractivity contribution is -0.147. The highest BCUT2D eigenvalue weighted by atomic mass is 16.5. The van der Waals surface area contributed by atoms with E-state index in [2.05, 4.69) is 5.32 Å². The molecule has 0 aromatic carbocycles. The monoisotopic (exact) mass is 263 g/mol. The van der Waals surface area contributed by atoms with Crippen LogP contribution in [-0.2, 0) is 23.7 Å². The number of hydrogen-bond acceptors (Lipinski definition) is 6. The van der Waals surface area contributed by atoms with Gasteiger partial charge in [0.2, 0.25) is 0 Å². The summed E-state index contributed by atoms with van der Waals surface area (Å²) in [7, 11) is 1.63. The molecule has 1 N–H and O–H groups in total. The van der Waals surface area contributed by atoms with E-state index in [1.807, 2.05) is 6.92 Å². The number of nitrogens with one attached hydrogen (secondary N) is 1. The predicted molar refractivity (Wildman–Crippen MR) is 67.6 cm³/mol. The van der Waals surface area contributed by atoms with E-state index in [1.54, 1.807) is 14.0 Å². The van der Waals surface area contributed by atoms with Crippen molar-refractivity contribution in [3.8, 4) is 0 Å². The predicted octanol–water partition coefficient (Wildman–Crippen LogP) is 0.207. The van der Waals surface area contributed by atoms with Gasteiger partial charge in [0.05, 0.1) is 39.6 Å². The molecule has 0 saturated carbocycles. The number of ether oxygens (including phenoxy) is 4. The first kappa shape index (κ1) is 17.3. The van der Waals surface area contributed by atoms with Crippen LogP contribution in [-0.4, -0.2) is 65.3 Å². The van der Waals surface area contributed by atoms with Gasteiger partial charge in [0.1, 0.15) is 6.04 Å². The molecule has 0 amide bonds. The van der Waals surface area contributed by atoms with Gasteiger partial charge in [-0.3, -0.25) is 4.79 Å². The molecule has 0 fully saturated rings. The minimum Gasteiger partial charge on any atom is -0.465 e. The Kier molecular flexibility index (Phi) is 12.3. The van der Waals surface area contributed by atoms with E-state index in [-0.39, 0.29) is 5.97 Å². The second kappa shape index (κ2) is 12.8. The van der Waals surface area contributed by atoms with Crippen LogP contribution in [0.15, 0.2) is 0 Å². The highest BCUT2D eigenvalue weighted by molar-refractivity contribution is 5.75. The first-order chi connectivity index (χ1) is 8.76. The zero-order valence-corrected chi connectivity index (χ0v) is 11.6. The van der Waals surface area contributed by atoms with Gasteiger partial charge < -0.3 is 24.3 Å². The zero-order valence-electron chi connectivity index (χ0n) is 11.6. The lowest BCUT2D eigenvalue weighted by atomic mass is 10.3. The fraction of sp³-hybridized carbons (Fsp3) is 0.917. The molecule has 0 saturated heterocycles. The van der Waals surface area contributed by atoms with Crippen molar-refractivity contribution in [3.05, 3.63) is 0 Å². The molecular weight excluding hydrogens is 238 g/mol. The summed E-state index contributed by atoms with van der Waals surface area (Å²) in [5.74, 6) is -0.278. The first-order valence-electron chi connectivity index (χ1n) is 6.30. The van der Waals surface area contributed by atoms with Crippen molar-refractivity contribution < 1.29 is 23.7 Å².